The van der Waals surface area contributed by atoms with Crippen LogP contribution in [0.4, 0.5) is 0 Å². The van der Waals surface area contributed by atoms with Crippen LogP contribution in [0.2, 0.25) is 0 Å². The van der Waals surface area contributed by atoms with Gasteiger partial charge >= 0.3 is 5.97 Å². The largest absolute Gasteiger partial charge is 0.462 e. The van der Waals surface area contributed by atoms with Crippen molar-refractivity contribution in [3.8, 4) is 0 Å². The van der Waals surface area contributed by atoms with E-state index in [0.717, 1.165) is 25.7 Å². The molecule has 3 nitrogen and oxygen atoms in total. The number of aliphatic hydroxyl groups excluding tert-OH is 1. The van der Waals surface area contributed by atoms with E-state index < -0.39 is 6.10 Å². The van der Waals surface area contributed by atoms with Crippen LogP contribution < -0.4 is 0 Å². The van der Waals surface area contributed by atoms with Gasteiger partial charge in [0, 0.05) is 4.43 Å². The molecule has 1 fully saturated rings. The minimum atomic E-state index is -0.526. The lowest BCUT2D eigenvalue weighted by atomic mass is 9.76. The van der Waals surface area contributed by atoms with Gasteiger partial charge in [-0.2, -0.15) is 0 Å². The summed E-state index contributed by atoms with van der Waals surface area (Å²) in [6.45, 7) is 2.11. The van der Waals surface area contributed by atoms with Crippen LogP contribution in [0.5, 0.6) is 0 Å². The number of rotatable bonds is 4. The number of carbonyl (C=O) groups is 1. The first-order valence-corrected chi connectivity index (χ1v) is 7.02. The van der Waals surface area contributed by atoms with Crippen molar-refractivity contribution in [1.29, 1.82) is 0 Å². The zero-order valence-corrected chi connectivity index (χ0v) is 11.3. The summed E-state index contributed by atoms with van der Waals surface area (Å²) in [4.78, 5) is 11.8. The van der Waals surface area contributed by atoms with Gasteiger partial charge in [0.25, 0.3) is 0 Å². The third kappa shape index (κ3) is 3.90. The second-order valence-electron chi connectivity index (χ2n) is 4.53. The van der Waals surface area contributed by atoms with Gasteiger partial charge in [-0.15, -0.1) is 0 Å². The Morgan fingerprint density at radius 3 is 2.60 bits per heavy atom. The van der Waals surface area contributed by atoms with Crippen LogP contribution in [0.25, 0.3) is 0 Å². The van der Waals surface area contributed by atoms with Gasteiger partial charge in [0.15, 0.2) is 0 Å². The lowest BCUT2D eigenvalue weighted by Gasteiger charge is -2.31. The van der Waals surface area contributed by atoms with Crippen molar-refractivity contribution < 1.29 is 14.6 Å². The zero-order chi connectivity index (χ0) is 11.3. The highest BCUT2D eigenvalue weighted by molar-refractivity contribution is 14.1. The first kappa shape index (κ1) is 13.2. The van der Waals surface area contributed by atoms with Crippen molar-refractivity contribution >= 4 is 28.6 Å². The fourth-order valence-electron chi connectivity index (χ4n) is 1.93. The summed E-state index contributed by atoms with van der Waals surface area (Å²) in [5.41, 5.74) is -0.302. The standard InChI is InChI=1S/C11H19IO3/c1-11(5-3-2-4-6-11)10(14)15-8-9(13)7-12/h9,13H,2-8H2,1H3. The Balaban J connectivity index is 2.37. The molecule has 0 aromatic heterocycles. The predicted octanol–water partition coefficient (Wildman–Crippen LogP) is 2.30. The topological polar surface area (TPSA) is 46.5 Å². The Hall–Kier alpha value is 0.160. The molecular weight excluding hydrogens is 307 g/mol. The molecule has 1 aliphatic carbocycles. The van der Waals surface area contributed by atoms with E-state index in [-0.39, 0.29) is 18.0 Å². The van der Waals surface area contributed by atoms with Crippen LogP contribution in [-0.4, -0.2) is 28.2 Å². The Kier molecular flexibility index (Phi) is 5.32. The third-order valence-electron chi connectivity index (χ3n) is 3.03. The number of esters is 1. The normalized spacial score (nSPS) is 22.1. The van der Waals surface area contributed by atoms with Crippen LogP contribution in [-0.2, 0) is 9.53 Å². The SMILES string of the molecule is CC1(C(=O)OCC(O)CI)CCCCC1. The van der Waals surface area contributed by atoms with Gasteiger partial charge in [-0.05, 0) is 19.8 Å². The van der Waals surface area contributed by atoms with Crippen molar-refractivity contribution in [2.75, 3.05) is 11.0 Å². The number of aliphatic hydroxyl groups is 1. The molecule has 1 atom stereocenters. The molecule has 0 aromatic carbocycles. The Morgan fingerprint density at radius 2 is 2.07 bits per heavy atom. The average molecular weight is 326 g/mol. The molecular formula is C11H19IO3. The van der Waals surface area contributed by atoms with Gasteiger partial charge in [0.05, 0.1) is 11.5 Å². The van der Waals surface area contributed by atoms with Crippen molar-refractivity contribution in [3.63, 3.8) is 0 Å². The van der Waals surface area contributed by atoms with E-state index in [9.17, 15) is 9.90 Å². The lowest BCUT2D eigenvalue weighted by molar-refractivity contribution is -0.159. The van der Waals surface area contributed by atoms with E-state index in [0.29, 0.717) is 4.43 Å². The molecule has 88 valence electrons. The summed E-state index contributed by atoms with van der Waals surface area (Å²) < 4.78 is 5.74. The van der Waals surface area contributed by atoms with Gasteiger partial charge < -0.3 is 9.84 Å². The van der Waals surface area contributed by atoms with Gasteiger partial charge in [-0.3, -0.25) is 4.79 Å². The smallest absolute Gasteiger partial charge is 0.311 e. The van der Waals surface area contributed by atoms with Crippen molar-refractivity contribution in [3.05, 3.63) is 0 Å². The number of hydrogen-bond donors (Lipinski definition) is 1. The molecule has 1 saturated carbocycles. The number of halogens is 1. The van der Waals surface area contributed by atoms with E-state index in [1.807, 2.05) is 6.92 Å². The number of hydrogen-bond acceptors (Lipinski definition) is 3. The van der Waals surface area contributed by atoms with Crippen LogP contribution >= 0.6 is 22.6 Å². The Bertz CT molecular complexity index is 212. The van der Waals surface area contributed by atoms with Crippen molar-refractivity contribution in [2.24, 2.45) is 5.41 Å². The molecule has 0 spiro atoms. The molecule has 1 N–H and O–H groups in total. The number of ether oxygens (including phenoxy) is 1. The highest BCUT2D eigenvalue weighted by Crippen LogP contribution is 2.36. The Labute approximate surface area is 105 Å². The number of carbonyl (C=O) groups excluding carboxylic acids is 1. The van der Waals surface area contributed by atoms with E-state index in [2.05, 4.69) is 22.6 Å². The van der Waals surface area contributed by atoms with Crippen molar-refractivity contribution in [1.82, 2.24) is 0 Å². The van der Waals surface area contributed by atoms with Gasteiger partial charge in [0.1, 0.15) is 6.61 Å². The van der Waals surface area contributed by atoms with E-state index >= 15 is 0 Å². The molecule has 1 rings (SSSR count). The third-order valence-corrected chi connectivity index (χ3v) is 4.05. The molecule has 15 heavy (non-hydrogen) atoms. The summed E-state index contributed by atoms with van der Waals surface area (Å²) in [6.07, 6.45) is 4.76. The fourth-order valence-corrected chi connectivity index (χ4v) is 2.18. The van der Waals surface area contributed by atoms with Crippen LogP contribution in [0.15, 0.2) is 0 Å². The second kappa shape index (κ2) is 6.03. The summed E-state index contributed by atoms with van der Waals surface area (Å²) in [7, 11) is 0. The van der Waals surface area contributed by atoms with Crippen LogP contribution in [0.1, 0.15) is 39.0 Å². The van der Waals surface area contributed by atoms with Crippen molar-refractivity contribution in [2.45, 2.75) is 45.1 Å². The van der Waals surface area contributed by atoms with Gasteiger partial charge in [0.2, 0.25) is 0 Å². The van der Waals surface area contributed by atoms with Gasteiger partial charge in [-0.25, -0.2) is 0 Å². The maximum atomic E-state index is 11.8. The minimum Gasteiger partial charge on any atom is -0.462 e. The molecule has 0 aliphatic heterocycles. The molecule has 0 bridgehead atoms. The highest BCUT2D eigenvalue weighted by Gasteiger charge is 2.36. The summed E-state index contributed by atoms with van der Waals surface area (Å²) in [5, 5.41) is 9.30. The highest BCUT2D eigenvalue weighted by atomic mass is 127. The first-order valence-electron chi connectivity index (χ1n) is 5.50. The zero-order valence-electron chi connectivity index (χ0n) is 9.17. The minimum absolute atomic E-state index is 0.133. The molecule has 0 amide bonds. The molecule has 4 heteroatoms. The predicted molar refractivity (Wildman–Crippen MR) is 67.0 cm³/mol. The maximum absolute atomic E-state index is 11.8. The number of alkyl halides is 1. The summed E-state index contributed by atoms with van der Waals surface area (Å²) in [5.74, 6) is -0.133. The summed E-state index contributed by atoms with van der Waals surface area (Å²) in [6, 6.07) is 0. The van der Waals surface area contributed by atoms with E-state index in [4.69, 9.17) is 4.74 Å². The average Bonchev–Trinajstić information content (AvgIpc) is 2.26. The molecule has 1 unspecified atom stereocenters. The van der Waals surface area contributed by atoms with Crippen LogP contribution in [0, 0.1) is 5.41 Å². The molecule has 0 radical (unpaired) electrons. The monoisotopic (exact) mass is 326 g/mol. The first-order chi connectivity index (χ1) is 7.08. The van der Waals surface area contributed by atoms with E-state index in [1.165, 1.54) is 6.42 Å². The molecule has 1 aliphatic rings. The molecule has 0 heterocycles. The Morgan fingerprint density at radius 1 is 1.47 bits per heavy atom. The van der Waals surface area contributed by atoms with Crippen LogP contribution in [0.3, 0.4) is 0 Å². The molecule has 0 aromatic rings. The van der Waals surface area contributed by atoms with Gasteiger partial charge in [-0.1, -0.05) is 41.9 Å². The van der Waals surface area contributed by atoms with E-state index in [1.54, 1.807) is 0 Å². The second-order valence-corrected chi connectivity index (χ2v) is 5.41. The lowest BCUT2D eigenvalue weighted by Crippen LogP contribution is -2.34. The summed E-state index contributed by atoms with van der Waals surface area (Å²) >= 11 is 2.08. The maximum Gasteiger partial charge on any atom is 0.311 e. The molecule has 0 saturated heterocycles. The quantitative estimate of drug-likeness (QED) is 0.490. The fraction of sp³-hybridized carbons (Fsp3) is 0.909.